The fraction of sp³-hybridized carbons (Fsp3) is 0.333. The van der Waals surface area contributed by atoms with E-state index < -0.39 is 30.0 Å². The molecule has 1 saturated carbocycles. The Morgan fingerprint density at radius 3 is 2.62 bits per heavy atom. The minimum absolute atomic E-state index is 0.0320. The highest BCUT2D eigenvalue weighted by atomic mass is 19.1. The SMILES string of the molecule is N=C[N+](=CN)CC(=O)[N+]1=C(C(=O)N[C@@H](c2ccccc2)c2ccc(C3CC3)c(F)n2)C[C@@H](F)C1. The zero-order valence-corrected chi connectivity index (χ0v) is 18.5. The fourth-order valence-corrected chi connectivity index (χ4v) is 4.05. The Morgan fingerprint density at radius 1 is 1.26 bits per heavy atom. The first-order chi connectivity index (χ1) is 16.4. The molecule has 2 atom stereocenters. The Bertz CT molecular complexity index is 1180. The highest BCUT2D eigenvalue weighted by Crippen LogP contribution is 2.41. The van der Waals surface area contributed by atoms with Gasteiger partial charge in [-0.05, 0) is 30.4 Å². The van der Waals surface area contributed by atoms with Crippen LogP contribution in [-0.2, 0) is 9.59 Å². The first-order valence-corrected chi connectivity index (χ1v) is 11.0. The molecule has 2 aliphatic rings. The normalized spacial score (nSPS) is 19.1. The van der Waals surface area contributed by atoms with Gasteiger partial charge in [0.05, 0.1) is 18.2 Å². The molecule has 1 aromatic heterocycles. The molecule has 0 spiro atoms. The third-order valence-corrected chi connectivity index (χ3v) is 5.98. The van der Waals surface area contributed by atoms with Crippen LogP contribution in [0.25, 0.3) is 0 Å². The summed E-state index contributed by atoms with van der Waals surface area (Å²) in [5.41, 5.74) is 6.88. The Morgan fingerprint density at radius 2 is 2.00 bits per heavy atom. The van der Waals surface area contributed by atoms with Crippen LogP contribution in [0.4, 0.5) is 8.78 Å². The Hall–Kier alpha value is -3.82. The van der Waals surface area contributed by atoms with Crippen LogP contribution < -0.4 is 11.1 Å². The molecule has 2 amide bonds. The van der Waals surface area contributed by atoms with Gasteiger partial charge in [0.2, 0.25) is 12.3 Å². The van der Waals surface area contributed by atoms with Crippen molar-refractivity contribution in [3.05, 3.63) is 65.2 Å². The lowest BCUT2D eigenvalue weighted by molar-refractivity contribution is -0.477. The summed E-state index contributed by atoms with van der Waals surface area (Å²) < 4.78 is 31.1. The number of alkyl halides is 1. The van der Waals surface area contributed by atoms with Crippen molar-refractivity contribution in [2.75, 3.05) is 13.1 Å². The molecule has 2 aromatic rings. The predicted molar refractivity (Wildman–Crippen MR) is 121 cm³/mol. The molecule has 1 aromatic carbocycles. The molecule has 4 N–H and O–H groups in total. The number of nitrogens with one attached hydrogen (secondary N) is 2. The molecule has 1 aliphatic carbocycles. The predicted octanol–water partition coefficient (Wildman–Crippen LogP) is 1.63. The number of carbonyl (C=O) groups is 2. The first kappa shape index (κ1) is 23.3. The van der Waals surface area contributed by atoms with Gasteiger partial charge >= 0.3 is 11.8 Å². The summed E-state index contributed by atoms with van der Waals surface area (Å²) in [5.74, 6) is -1.58. The summed E-state index contributed by atoms with van der Waals surface area (Å²) in [6.45, 7) is -0.571. The highest BCUT2D eigenvalue weighted by molar-refractivity contribution is 6.38. The van der Waals surface area contributed by atoms with Crippen LogP contribution in [-0.4, -0.2) is 63.6 Å². The van der Waals surface area contributed by atoms with Crippen molar-refractivity contribution < 1.29 is 27.5 Å². The van der Waals surface area contributed by atoms with Crippen molar-refractivity contribution >= 4 is 30.2 Å². The van der Waals surface area contributed by atoms with E-state index in [1.165, 1.54) is 0 Å². The van der Waals surface area contributed by atoms with Crippen molar-refractivity contribution in [2.24, 2.45) is 5.73 Å². The van der Waals surface area contributed by atoms with Gasteiger partial charge in [-0.15, -0.1) is 0 Å². The number of halogens is 2. The second-order valence-electron chi connectivity index (χ2n) is 8.41. The molecule has 34 heavy (non-hydrogen) atoms. The molecule has 0 saturated heterocycles. The molecule has 2 heterocycles. The number of nitrogens with two attached hydrogens (primary N) is 1. The van der Waals surface area contributed by atoms with E-state index in [9.17, 15) is 18.4 Å². The molecule has 176 valence electrons. The summed E-state index contributed by atoms with van der Waals surface area (Å²) in [5, 5.41) is 10.1. The topological polar surface area (TPSA) is 115 Å². The fourth-order valence-electron chi connectivity index (χ4n) is 4.05. The number of hydrogen-bond acceptors (Lipinski definition) is 4. The van der Waals surface area contributed by atoms with E-state index >= 15 is 0 Å². The lowest BCUT2D eigenvalue weighted by Crippen LogP contribution is -2.41. The monoisotopic (exact) mass is 468 g/mol. The second-order valence-corrected chi connectivity index (χ2v) is 8.41. The maximum Gasteiger partial charge on any atom is 0.421 e. The van der Waals surface area contributed by atoms with E-state index in [0.717, 1.165) is 34.7 Å². The quantitative estimate of drug-likeness (QED) is 0.236. The lowest BCUT2D eigenvalue weighted by atomic mass is 10.0. The summed E-state index contributed by atoms with van der Waals surface area (Å²) in [6, 6.07) is 11.5. The zero-order chi connectivity index (χ0) is 24.2. The molecule has 10 heteroatoms. The van der Waals surface area contributed by atoms with Crippen molar-refractivity contribution in [3.8, 4) is 0 Å². The van der Waals surface area contributed by atoms with E-state index in [2.05, 4.69) is 10.3 Å². The number of benzene rings is 1. The van der Waals surface area contributed by atoms with Crippen LogP contribution >= 0.6 is 0 Å². The largest absolute Gasteiger partial charge is 0.421 e. The molecule has 0 bridgehead atoms. The summed E-state index contributed by atoms with van der Waals surface area (Å²) >= 11 is 0. The third-order valence-electron chi connectivity index (χ3n) is 5.98. The number of carbonyl (C=O) groups excluding carboxylic acids is 2. The van der Waals surface area contributed by atoms with Crippen LogP contribution in [0.3, 0.4) is 0 Å². The van der Waals surface area contributed by atoms with E-state index in [1.54, 1.807) is 36.4 Å². The van der Waals surface area contributed by atoms with Crippen molar-refractivity contribution in [1.29, 1.82) is 5.41 Å². The lowest BCUT2D eigenvalue weighted by Gasteiger charge is -2.19. The van der Waals surface area contributed by atoms with Crippen LogP contribution in [0.15, 0.2) is 42.5 Å². The Labute approximate surface area is 195 Å². The molecular weight excluding hydrogens is 442 g/mol. The maximum absolute atomic E-state index is 14.7. The van der Waals surface area contributed by atoms with E-state index in [-0.39, 0.29) is 31.1 Å². The molecule has 8 nitrogen and oxygen atoms in total. The molecule has 4 rings (SSSR count). The van der Waals surface area contributed by atoms with E-state index in [4.69, 9.17) is 11.1 Å². The zero-order valence-electron chi connectivity index (χ0n) is 18.5. The van der Waals surface area contributed by atoms with Gasteiger partial charge in [0.25, 0.3) is 5.71 Å². The van der Waals surface area contributed by atoms with Crippen molar-refractivity contribution in [1.82, 2.24) is 10.3 Å². The number of rotatable bonds is 8. The maximum atomic E-state index is 14.7. The van der Waals surface area contributed by atoms with E-state index in [0.29, 0.717) is 16.8 Å². The van der Waals surface area contributed by atoms with Crippen LogP contribution in [0.1, 0.15) is 48.0 Å². The second kappa shape index (κ2) is 9.98. The van der Waals surface area contributed by atoms with Crippen molar-refractivity contribution in [2.45, 2.75) is 37.4 Å². The molecule has 1 aliphatic heterocycles. The van der Waals surface area contributed by atoms with Crippen molar-refractivity contribution in [3.63, 3.8) is 0 Å². The van der Waals surface area contributed by atoms with Gasteiger partial charge in [0.1, 0.15) is 0 Å². The number of pyridine rings is 1. The highest BCUT2D eigenvalue weighted by Gasteiger charge is 2.41. The van der Waals surface area contributed by atoms with Gasteiger partial charge in [0.15, 0.2) is 25.6 Å². The summed E-state index contributed by atoms with van der Waals surface area (Å²) in [6.07, 6.45) is 2.13. The van der Waals surface area contributed by atoms with Crippen LogP contribution in [0.2, 0.25) is 0 Å². The van der Waals surface area contributed by atoms with Crippen LogP contribution in [0, 0.1) is 11.4 Å². The summed E-state index contributed by atoms with van der Waals surface area (Å²) in [4.78, 5) is 30.1. The number of amides is 2. The van der Waals surface area contributed by atoms with Gasteiger partial charge < -0.3 is 11.1 Å². The van der Waals surface area contributed by atoms with Gasteiger partial charge in [-0.3, -0.25) is 4.79 Å². The molecular formula is C24H26F2N6O2+2. The van der Waals surface area contributed by atoms with Gasteiger partial charge in [0, 0.05) is 5.56 Å². The summed E-state index contributed by atoms with van der Waals surface area (Å²) in [7, 11) is 0. The molecule has 0 radical (unpaired) electrons. The minimum atomic E-state index is -1.40. The Kier molecular flexibility index (Phi) is 6.85. The average Bonchev–Trinajstić information content (AvgIpc) is 3.61. The smallest absolute Gasteiger partial charge is 0.335 e. The number of hydrogen-bond donors (Lipinski definition) is 3. The first-order valence-electron chi connectivity index (χ1n) is 11.0. The van der Waals surface area contributed by atoms with Gasteiger partial charge in [-0.25, -0.2) is 18.7 Å². The van der Waals surface area contributed by atoms with E-state index in [1.807, 2.05) is 6.07 Å². The van der Waals surface area contributed by atoms with Gasteiger partial charge in [-0.2, -0.15) is 14.4 Å². The molecule has 0 unspecified atom stereocenters. The standard InChI is InChI=1S/C24H24F2N6O2/c25-17-10-20(32(11-17)21(33)12-31(13-27)14-28)24(34)30-22(16-4-2-1-3-5-16)19-9-8-18(15-6-7-15)23(26)29-19/h1-5,8-9,13-15,17,22,27-28H,6-7,10-12H2/p+2/t17-,22+/m1/s1. The molecule has 1 fully saturated rings. The minimum Gasteiger partial charge on any atom is -0.335 e. The number of aromatic nitrogens is 1. The average molecular weight is 469 g/mol. The van der Waals surface area contributed by atoms with Gasteiger partial charge in [-0.1, -0.05) is 36.4 Å². The Balaban J connectivity index is 1.64. The van der Waals surface area contributed by atoms with Crippen LogP contribution in [0.5, 0.6) is 0 Å². The third kappa shape index (κ3) is 5.05. The number of nitrogens with zero attached hydrogens (tertiary/aromatic N) is 3.